The van der Waals surface area contributed by atoms with E-state index in [1.54, 1.807) is 4.68 Å². The van der Waals surface area contributed by atoms with E-state index < -0.39 is 20.0 Å². The van der Waals surface area contributed by atoms with Crippen LogP contribution in [0.2, 0.25) is 0 Å². The lowest BCUT2D eigenvalue weighted by atomic mass is 9.97. The van der Waals surface area contributed by atoms with Crippen LogP contribution >= 0.6 is 0 Å². The first-order valence-electron chi connectivity index (χ1n) is 13.1. The highest BCUT2D eigenvalue weighted by atomic mass is 32.2. The molecule has 210 valence electrons. The van der Waals surface area contributed by atoms with E-state index in [1.807, 2.05) is 31.2 Å². The van der Waals surface area contributed by atoms with Gasteiger partial charge in [-0.1, -0.05) is 35.0 Å². The molecule has 2 N–H and O–H groups in total. The van der Waals surface area contributed by atoms with E-state index in [4.69, 9.17) is 0 Å². The molecule has 0 unspecified atom stereocenters. The van der Waals surface area contributed by atoms with Crippen molar-refractivity contribution in [2.45, 2.75) is 60.9 Å². The zero-order valence-corrected chi connectivity index (χ0v) is 23.5. The summed E-state index contributed by atoms with van der Waals surface area (Å²) in [5, 5.41) is 8.14. The number of hydrogen-bond acceptors (Lipinski definition) is 8. The Kier molecular flexibility index (Phi) is 6.81. The minimum atomic E-state index is -3.82. The lowest BCUT2D eigenvalue weighted by Gasteiger charge is -2.30. The Morgan fingerprint density at radius 2 is 1.57 bits per heavy atom. The minimum absolute atomic E-state index is 0.0372. The summed E-state index contributed by atoms with van der Waals surface area (Å²) in [7, 11) is -7.48. The Labute approximate surface area is 231 Å². The molecular weight excluding hydrogens is 554 g/mol. The van der Waals surface area contributed by atoms with Crippen LogP contribution in [0.4, 0.5) is 0 Å². The molecule has 1 saturated carbocycles. The van der Waals surface area contributed by atoms with Gasteiger partial charge in [-0.15, -0.1) is 5.10 Å². The zero-order chi connectivity index (χ0) is 28.1. The number of aryl methyl sites for hydroxylation is 1. The highest BCUT2D eigenvalue weighted by molar-refractivity contribution is 7.89. The largest absolute Gasteiger partial charge is 0.308 e. The molecule has 0 atom stereocenters. The first kappa shape index (κ1) is 26.7. The first-order chi connectivity index (χ1) is 19.1. The van der Waals surface area contributed by atoms with Gasteiger partial charge >= 0.3 is 0 Å². The van der Waals surface area contributed by atoms with E-state index in [-0.39, 0.29) is 45.9 Å². The smallest absolute Gasteiger partial charge is 0.281 e. The van der Waals surface area contributed by atoms with Crippen LogP contribution in [0.1, 0.15) is 48.6 Å². The number of sulfonamides is 2. The number of aromatic amines is 1. The second kappa shape index (κ2) is 10.2. The van der Waals surface area contributed by atoms with Crippen molar-refractivity contribution < 1.29 is 16.8 Å². The number of aromatic nitrogens is 5. The summed E-state index contributed by atoms with van der Waals surface area (Å²) < 4.78 is 57.0. The molecule has 0 spiro atoms. The average Bonchev–Trinajstić information content (AvgIpc) is 3.66. The summed E-state index contributed by atoms with van der Waals surface area (Å²) >= 11 is 0. The summed E-state index contributed by atoms with van der Waals surface area (Å²) in [6.45, 7) is 2.90. The Morgan fingerprint density at radius 1 is 0.925 bits per heavy atom. The topological polar surface area (TPSA) is 160 Å². The molecule has 0 bridgehead atoms. The normalized spacial score (nSPS) is 17.4. The van der Waals surface area contributed by atoms with Gasteiger partial charge in [-0.3, -0.25) is 4.79 Å². The summed E-state index contributed by atoms with van der Waals surface area (Å²) in [5.74, 6) is 0.340. The fraction of sp³-hybridized carbons (Fsp3) is 0.385. The van der Waals surface area contributed by atoms with Gasteiger partial charge in [0.15, 0.2) is 11.2 Å². The van der Waals surface area contributed by atoms with Gasteiger partial charge in [-0.25, -0.2) is 31.2 Å². The predicted octanol–water partition coefficient (Wildman–Crippen LogP) is 1.88. The highest BCUT2D eigenvalue weighted by Crippen LogP contribution is 2.30. The molecule has 40 heavy (non-hydrogen) atoms. The Morgan fingerprint density at radius 3 is 2.23 bits per heavy atom. The van der Waals surface area contributed by atoms with E-state index >= 15 is 0 Å². The highest BCUT2D eigenvalue weighted by Gasteiger charge is 2.32. The SMILES string of the molecule is Cc1ccc(Cn2nnc3c(=O)[nH]c(C4CCN(S(=O)(=O)c5ccc(S(=O)(=O)NC6CC6)cc5)CC4)nc32)cc1. The lowest BCUT2D eigenvalue weighted by molar-refractivity contribution is 0.313. The molecule has 3 heterocycles. The van der Waals surface area contributed by atoms with Crippen molar-refractivity contribution in [3.05, 3.63) is 75.8 Å². The average molecular weight is 584 g/mol. The van der Waals surface area contributed by atoms with Crippen molar-refractivity contribution in [3.63, 3.8) is 0 Å². The van der Waals surface area contributed by atoms with Crippen LogP contribution in [0.3, 0.4) is 0 Å². The number of nitrogens with zero attached hydrogens (tertiary/aromatic N) is 5. The lowest BCUT2D eigenvalue weighted by Crippen LogP contribution is -2.38. The molecule has 2 aliphatic rings. The van der Waals surface area contributed by atoms with Gasteiger partial charge in [0.05, 0.1) is 16.3 Å². The molecule has 2 aromatic carbocycles. The molecule has 1 aliphatic carbocycles. The molecule has 0 radical (unpaired) electrons. The van der Waals surface area contributed by atoms with Gasteiger partial charge in [0.25, 0.3) is 5.56 Å². The van der Waals surface area contributed by atoms with Crippen LogP contribution in [0.25, 0.3) is 11.2 Å². The van der Waals surface area contributed by atoms with Crippen LogP contribution in [0.5, 0.6) is 0 Å². The minimum Gasteiger partial charge on any atom is -0.308 e. The maximum Gasteiger partial charge on any atom is 0.281 e. The van der Waals surface area contributed by atoms with Gasteiger partial charge in [0.2, 0.25) is 20.0 Å². The Hall–Kier alpha value is -3.46. The number of fused-ring (bicyclic) bond motifs is 1. The molecule has 1 aliphatic heterocycles. The predicted molar refractivity (Wildman–Crippen MR) is 147 cm³/mol. The van der Waals surface area contributed by atoms with Gasteiger partial charge in [0.1, 0.15) is 5.82 Å². The first-order valence-corrected chi connectivity index (χ1v) is 16.0. The maximum atomic E-state index is 13.3. The van der Waals surface area contributed by atoms with Gasteiger partial charge in [0, 0.05) is 25.0 Å². The number of piperidine rings is 1. The molecule has 6 rings (SSSR count). The summed E-state index contributed by atoms with van der Waals surface area (Å²) in [4.78, 5) is 20.3. The van der Waals surface area contributed by atoms with Crippen LogP contribution in [0.15, 0.2) is 63.1 Å². The van der Waals surface area contributed by atoms with Crippen molar-refractivity contribution in [2.75, 3.05) is 13.1 Å². The van der Waals surface area contributed by atoms with Gasteiger partial charge in [-0.2, -0.15) is 4.31 Å². The van der Waals surface area contributed by atoms with Crippen LogP contribution in [-0.2, 0) is 26.6 Å². The third-order valence-corrected chi connectivity index (χ3v) is 10.8. The van der Waals surface area contributed by atoms with Gasteiger partial charge < -0.3 is 4.98 Å². The number of H-pyrrole nitrogens is 1. The molecular formula is C26H29N7O5S2. The van der Waals surface area contributed by atoms with Crippen molar-refractivity contribution in [3.8, 4) is 0 Å². The van der Waals surface area contributed by atoms with Crippen LogP contribution in [0, 0.1) is 6.92 Å². The fourth-order valence-corrected chi connectivity index (χ4v) is 7.62. The monoisotopic (exact) mass is 583 g/mol. The van der Waals surface area contributed by atoms with Gasteiger partial charge in [-0.05, 0) is 62.4 Å². The Balaban J connectivity index is 1.16. The van der Waals surface area contributed by atoms with E-state index in [1.165, 1.54) is 28.6 Å². The van der Waals surface area contributed by atoms with Crippen LogP contribution < -0.4 is 10.3 Å². The summed E-state index contributed by atoms with van der Waals surface area (Å²) in [6.07, 6.45) is 2.55. The number of rotatable bonds is 8. The summed E-state index contributed by atoms with van der Waals surface area (Å²) in [5.41, 5.74) is 2.32. The molecule has 4 aromatic rings. The molecule has 14 heteroatoms. The molecule has 2 fully saturated rings. The molecule has 0 amide bonds. The number of nitrogens with one attached hydrogen (secondary N) is 2. The zero-order valence-electron chi connectivity index (χ0n) is 21.8. The molecule has 1 saturated heterocycles. The quantitative estimate of drug-likeness (QED) is 0.318. The van der Waals surface area contributed by atoms with Crippen molar-refractivity contribution in [1.82, 2.24) is 34.0 Å². The third-order valence-electron chi connectivity index (χ3n) is 7.36. The van der Waals surface area contributed by atoms with Crippen molar-refractivity contribution >= 4 is 31.2 Å². The number of benzene rings is 2. The fourth-order valence-electron chi connectivity index (χ4n) is 4.85. The van der Waals surface area contributed by atoms with E-state index in [9.17, 15) is 21.6 Å². The second-order valence-corrected chi connectivity index (χ2v) is 14.1. The molecule has 12 nitrogen and oxygen atoms in total. The van der Waals surface area contributed by atoms with Crippen molar-refractivity contribution in [2.24, 2.45) is 0 Å². The van der Waals surface area contributed by atoms with Crippen LogP contribution in [-0.4, -0.2) is 65.2 Å². The number of hydrogen-bond donors (Lipinski definition) is 2. The molecule has 2 aromatic heterocycles. The van der Waals surface area contributed by atoms with E-state index in [2.05, 4.69) is 25.0 Å². The van der Waals surface area contributed by atoms with E-state index in [0.717, 1.165) is 24.0 Å². The third kappa shape index (κ3) is 5.31. The van der Waals surface area contributed by atoms with Crippen molar-refractivity contribution in [1.29, 1.82) is 0 Å². The second-order valence-electron chi connectivity index (χ2n) is 10.4. The van der Waals surface area contributed by atoms with E-state index in [0.29, 0.717) is 30.9 Å². The Bertz CT molecular complexity index is 1820. The summed E-state index contributed by atoms with van der Waals surface area (Å²) in [6, 6.07) is 13.3. The maximum absolute atomic E-state index is 13.3. The standard InChI is InChI=1S/C26H29N7O5S2/c1-17-2-4-18(5-3-17)16-33-25-23(29-31-33)26(34)28-24(27-25)19-12-14-32(15-13-19)40(37,38)22-10-8-21(9-11-22)39(35,36)30-20-6-7-20/h2-5,8-11,19-20,30H,6-7,12-16H2,1H3,(H,27,28,34).